The van der Waals surface area contributed by atoms with E-state index in [1.165, 1.54) is 15.8 Å². The summed E-state index contributed by atoms with van der Waals surface area (Å²) in [6.07, 6.45) is 1.85. The zero-order chi connectivity index (χ0) is 22.8. The van der Waals surface area contributed by atoms with Crippen molar-refractivity contribution in [2.75, 3.05) is 5.01 Å². The van der Waals surface area contributed by atoms with Crippen LogP contribution in [0.1, 0.15) is 18.1 Å². The molecule has 0 spiro atoms. The summed E-state index contributed by atoms with van der Waals surface area (Å²) in [6.45, 7) is 2.28. The van der Waals surface area contributed by atoms with Gasteiger partial charge < -0.3 is 4.74 Å². The highest BCUT2D eigenvalue weighted by Crippen LogP contribution is 2.30. The fourth-order valence-corrected chi connectivity index (χ4v) is 4.30. The van der Waals surface area contributed by atoms with Crippen molar-refractivity contribution in [2.24, 2.45) is 5.10 Å². The lowest BCUT2D eigenvalue weighted by molar-refractivity contribution is -0.114. The third-order valence-corrected chi connectivity index (χ3v) is 6.09. The van der Waals surface area contributed by atoms with Crippen molar-refractivity contribution in [2.45, 2.75) is 13.5 Å². The molecule has 0 unspecified atom stereocenters. The Balaban J connectivity index is 1.45. The summed E-state index contributed by atoms with van der Waals surface area (Å²) in [4.78, 5) is 13.1. The van der Waals surface area contributed by atoms with Crippen molar-refractivity contribution >= 4 is 50.1 Å². The average Bonchev–Trinajstić information content (AvgIpc) is 3.12. The van der Waals surface area contributed by atoms with Crippen LogP contribution in [-0.2, 0) is 11.4 Å². The minimum Gasteiger partial charge on any atom is -0.488 e. The smallest absolute Gasteiger partial charge is 0.280 e. The molecule has 0 saturated heterocycles. The quantitative estimate of drug-likeness (QED) is 0.279. The third kappa shape index (κ3) is 4.32. The zero-order valence-corrected chi connectivity index (χ0v) is 19.6. The normalized spacial score (nSPS) is 14.7. The van der Waals surface area contributed by atoms with E-state index < -0.39 is 0 Å². The van der Waals surface area contributed by atoms with E-state index in [0.717, 1.165) is 21.3 Å². The molecule has 0 bridgehead atoms. The summed E-state index contributed by atoms with van der Waals surface area (Å²) in [5.74, 6) is 0.552. The molecule has 1 aliphatic rings. The molecule has 0 aromatic heterocycles. The van der Waals surface area contributed by atoms with Gasteiger partial charge in [0.2, 0.25) is 0 Å². The monoisotopic (exact) mass is 496 g/mol. The second-order valence-electron chi connectivity index (χ2n) is 7.81. The first-order valence-corrected chi connectivity index (χ1v) is 11.5. The number of hydrogen-bond donors (Lipinski definition) is 0. The highest BCUT2D eigenvalue weighted by molar-refractivity contribution is 9.10. The van der Waals surface area contributed by atoms with Crippen molar-refractivity contribution < 1.29 is 9.53 Å². The molecule has 33 heavy (non-hydrogen) atoms. The lowest BCUT2D eigenvalue weighted by atomic mass is 10.0. The van der Waals surface area contributed by atoms with Gasteiger partial charge in [-0.1, -0.05) is 76.6 Å². The lowest BCUT2D eigenvalue weighted by Gasteiger charge is -2.13. The fraction of sp³-hybridized carbons (Fsp3) is 0.0714. The Morgan fingerprint density at radius 3 is 2.55 bits per heavy atom. The van der Waals surface area contributed by atoms with E-state index in [-0.39, 0.29) is 5.91 Å². The molecule has 1 aliphatic heterocycles. The van der Waals surface area contributed by atoms with Crippen LogP contribution in [0.3, 0.4) is 0 Å². The van der Waals surface area contributed by atoms with Crippen molar-refractivity contribution in [1.82, 2.24) is 0 Å². The summed E-state index contributed by atoms with van der Waals surface area (Å²) in [6, 6.07) is 29.7. The number of hydrogen-bond acceptors (Lipinski definition) is 3. The number of carbonyl (C=O) groups excluding carboxylic acids is 1. The zero-order valence-electron chi connectivity index (χ0n) is 18.0. The van der Waals surface area contributed by atoms with Crippen LogP contribution in [-0.4, -0.2) is 11.6 Å². The molecule has 5 heteroatoms. The maximum Gasteiger partial charge on any atom is 0.280 e. The first-order chi connectivity index (χ1) is 16.1. The van der Waals surface area contributed by atoms with Crippen LogP contribution < -0.4 is 9.75 Å². The Hall–Kier alpha value is -3.70. The van der Waals surface area contributed by atoms with Gasteiger partial charge in [-0.05, 0) is 59.7 Å². The molecule has 0 aliphatic carbocycles. The minimum absolute atomic E-state index is 0.154. The van der Waals surface area contributed by atoms with Crippen LogP contribution in [0.2, 0.25) is 0 Å². The topological polar surface area (TPSA) is 41.9 Å². The second kappa shape index (κ2) is 9.04. The molecule has 4 aromatic carbocycles. The Bertz CT molecular complexity index is 1400. The predicted octanol–water partition coefficient (Wildman–Crippen LogP) is 6.99. The van der Waals surface area contributed by atoms with Crippen molar-refractivity contribution in [3.05, 3.63) is 112 Å². The summed E-state index contributed by atoms with van der Waals surface area (Å²) in [7, 11) is 0. The van der Waals surface area contributed by atoms with Crippen molar-refractivity contribution in [3.8, 4) is 5.75 Å². The molecule has 4 nitrogen and oxygen atoms in total. The van der Waals surface area contributed by atoms with E-state index in [1.54, 1.807) is 0 Å². The molecular weight excluding hydrogens is 476 g/mol. The maximum absolute atomic E-state index is 13.1. The predicted molar refractivity (Wildman–Crippen MR) is 137 cm³/mol. The number of anilines is 1. The highest BCUT2D eigenvalue weighted by atomic mass is 79.9. The third-order valence-electron chi connectivity index (χ3n) is 5.60. The van der Waals surface area contributed by atoms with E-state index >= 15 is 0 Å². The fourth-order valence-electron chi connectivity index (χ4n) is 3.92. The first-order valence-electron chi connectivity index (χ1n) is 10.7. The van der Waals surface area contributed by atoms with Crippen LogP contribution in [0.15, 0.2) is 106 Å². The first kappa shape index (κ1) is 21.2. The largest absolute Gasteiger partial charge is 0.488 e. The van der Waals surface area contributed by atoms with Gasteiger partial charge in [-0.15, -0.1) is 0 Å². The van der Waals surface area contributed by atoms with Crippen LogP contribution in [0.25, 0.3) is 16.8 Å². The number of para-hydroxylation sites is 1. The second-order valence-corrected chi connectivity index (χ2v) is 8.72. The summed E-state index contributed by atoms with van der Waals surface area (Å²) < 4.78 is 7.16. The number of ether oxygens (including phenoxy) is 1. The van der Waals surface area contributed by atoms with E-state index in [0.29, 0.717) is 23.6 Å². The number of halogens is 1. The van der Waals surface area contributed by atoms with Gasteiger partial charge >= 0.3 is 0 Å². The summed E-state index contributed by atoms with van der Waals surface area (Å²) >= 11 is 3.54. The Labute approximate surface area is 200 Å². The standard InChI is InChI=1S/C28H21BrN2O2/c1-19-26(28(32)31(30-19)24-11-3-2-4-12-24)17-22-16-23(29)14-15-27(22)33-18-21-10-7-9-20-8-5-6-13-25(20)21/h2-17H,18H2,1H3. The van der Waals surface area contributed by atoms with Crippen LogP contribution >= 0.6 is 15.9 Å². The van der Waals surface area contributed by atoms with Crippen molar-refractivity contribution in [1.29, 1.82) is 0 Å². The number of fused-ring (bicyclic) bond motifs is 1. The van der Waals surface area contributed by atoms with Crippen LogP contribution in [0.4, 0.5) is 5.69 Å². The summed E-state index contributed by atoms with van der Waals surface area (Å²) in [5, 5.41) is 8.27. The molecule has 5 rings (SSSR count). The van der Waals surface area contributed by atoms with E-state index in [1.807, 2.05) is 79.7 Å². The van der Waals surface area contributed by atoms with Gasteiger partial charge in [-0.25, -0.2) is 0 Å². The van der Waals surface area contributed by atoms with Gasteiger partial charge in [0.25, 0.3) is 5.91 Å². The van der Waals surface area contributed by atoms with Gasteiger partial charge in [-0.2, -0.15) is 10.1 Å². The van der Waals surface area contributed by atoms with Gasteiger partial charge in [0, 0.05) is 10.0 Å². The minimum atomic E-state index is -0.154. The number of rotatable bonds is 5. The molecule has 1 amide bonds. The number of hydrazone groups is 1. The molecular formula is C28H21BrN2O2. The maximum atomic E-state index is 13.1. The SMILES string of the molecule is CC1=NN(c2ccccc2)C(=O)C1=Cc1cc(Br)ccc1OCc1cccc2ccccc12. The van der Waals surface area contributed by atoms with Gasteiger partial charge in [0.15, 0.2) is 0 Å². The molecule has 4 aromatic rings. The number of carbonyl (C=O) groups is 1. The van der Waals surface area contributed by atoms with E-state index in [9.17, 15) is 4.79 Å². The van der Waals surface area contributed by atoms with E-state index in [2.05, 4.69) is 45.3 Å². The van der Waals surface area contributed by atoms with Crippen molar-refractivity contribution in [3.63, 3.8) is 0 Å². The molecule has 1 heterocycles. The summed E-state index contributed by atoms with van der Waals surface area (Å²) in [5.41, 5.74) is 3.89. The Morgan fingerprint density at radius 1 is 0.939 bits per heavy atom. The lowest BCUT2D eigenvalue weighted by Crippen LogP contribution is -2.21. The molecule has 162 valence electrons. The molecule has 0 N–H and O–H groups in total. The molecule has 0 radical (unpaired) electrons. The van der Waals surface area contributed by atoms with Gasteiger partial charge in [0.1, 0.15) is 12.4 Å². The average molecular weight is 497 g/mol. The number of nitrogens with zero attached hydrogens (tertiary/aromatic N) is 2. The van der Waals surface area contributed by atoms with Crippen LogP contribution in [0.5, 0.6) is 5.75 Å². The Kier molecular flexibility index (Phi) is 5.80. The Morgan fingerprint density at radius 2 is 1.70 bits per heavy atom. The van der Waals surface area contributed by atoms with Gasteiger partial charge in [0.05, 0.1) is 17.0 Å². The van der Waals surface area contributed by atoms with E-state index in [4.69, 9.17) is 4.74 Å². The molecule has 0 atom stereocenters. The molecule has 0 saturated carbocycles. The number of benzene rings is 4. The molecule has 0 fully saturated rings. The van der Waals surface area contributed by atoms with Crippen LogP contribution in [0, 0.1) is 0 Å². The highest BCUT2D eigenvalue weighted by Gasteiger charge is 2.28. The van der Waals surface area contributed by atoms with Gasteiger partial charge in [-0.3, -0.25) is 4.79 Å². The number of amides is 1.